The van der Waals surface area contributed by atoms with Crippen LogP contribution in [0.15, 0.2) is 0 Å². The Bertz CT molecular complexity index is 347. The maximum absolute atomic E-state index is 12.0. The average molecular weight is 298 g/mol. The van der Waals surface area contributed by atoms with Crippen LogP contribution in [0.5, 0.6) is 0 Å². The summed E-state index contributed by atoms with van der Waals surface area (Å²) in [6, 6.07) is 0.167. The van der Waals surface area contributed by atoms with Gasteiger partial charge < -0.3 is 11.1 Å². The van der Waals surface area contributed by atoms with Crippen LogP contribution in [0.2, 0.25) is 0 Å². The number of urea groups is 1. The molecule has 0 radical (unpaired) electrons. The van der Waals surface area contributed by atoms with Gasteiger partial charge in [-0.3, -0.25) is 15.0 Å². The lowest BCUT2D eigenvalue weighted by Crippen LogP contribution is -2.53. The molecule has 0 aliphatic carbocycles. The topological polar surface area (TPSA) is 87.5 Å². The molecule has 0 aromatic heterocycles. The molecule has 1 aliphatic heterocycles. The first-order valence-electron chi connectivity index (χ1n) is 7.97. The van der Waals surface area contributed by atoms with Gasteiger partial charge in [-0.1, -0.05) is 20.3 Å². The molecule has 1 fully saturated rings. The van der Waals surface area contributed by atoms with E-state index in [1.54, 1.807) is 0 Å². The van der Waals surface area contributed by atoms with Crippen LogP contribution in [-0.2, 0) is 4.79 Å². The standard InChI is InChI=1S/C15H30N4O2/c1-11(2)7-8-17-15(21)18-14(20)10-19-12(3)5-4-6-13(19)9-16/h11-13H,4-10,16H2,1-3H3,(H2,17,18,20,21). The first-order valence-corrected chi connectivity index (χ1v) is 7.97. The molecule has 0 bridgehead atoms. The van der Waals surface area contributed by atoms with Crippen LogP contribution in [-0.4, -0.2) is 48.6 Å². The predicted octanol–water partition coefficient (Wildman–Crippen LogP) is 1.06. The number of carbonyl (C=O) groups excluding carboxylic acids is 2. The van der Waals surface area contributed by atoms with Gasteiger partial charge in [0.05, 0.1) is 6.54 Å². The number of likely N-dealkylation sites (tertiary alicyclic amines) is 1. The molecule has 0 aromatic rings. The zero-order valence-electron chi connectivity index (χ0n) is 13.5. The summed E-state index contributed by atoms with van der Waals surface area (Å²) in [6.45, 7) is 7.67. The second-order valence-corrected chi connectivity index (χ2v) is 6.33. The molecule has 4 N–H and O–H groups in total. The van der Waals surface area contributed by atoms with E-state index in [9.17, 15) is 9.59 Å². The van der Waals surface area contributed by atoms with E-state index in [1.807, 2.05) is 0 Å². The molecule has 2 unspecified atom stereocenters. The van der Waals surface area contributed by atoms with Crippen molar-refractivity contribution in [2.24, 2.45) is 11.7 Å². The fraction of sp³-hybridized carbons (Fsp3) is 0.867. The minimum atomic E-state index is -0.408. The van der Waals surface area contributed by atoms with Crippen molar-refractivity contribution in [3.05, 3.63) is 0 Å². The molecule has 0 saturated carbocycles. The van der Waals surface area contributed by atoms with Gasteiger partial charge in [-0.05, 0) is 32.1 Å². The third kappa shape index (κ3) is 6.44. The Balaban J connectivity index is 2.35. The summed E-state index contributed by atoms with van der Waals surface area (Å²) in [7, 11) is 0. The highest BCUT2D eigenvalue weighted by molar-refractivity contribution is 5.95. The summed E-state index contributed by atoms with van der Waals surface area (Å²) >= 11 is 0. The summed E-state index contributed by atoms with van der Waals surface area (Å²) in [4.78, 5) is 25.7. The Kier molecular flexibility index (Phi) is 7.67. The maximum atomic E-state index is 12.0. The number of hydrogen-bond donors (Lipinski definition) is 3. The highest BCUT2D eigenvalue weighted by atomic mass is 16.2. The summed E-state index contributed by atoms with van der Waals surface area (Å²) in [5.41, 5.74) is 5.77. The van der Waals surface area contributed by atoms with Gasteiger partial charge in [-0.15, -0.1) is 0 Å². The number of imide groups is 1. The van der Waals surface area contributed by atoms with Crippen LogP contribution in [0.25, 0.3) is 0 Å². The molecule has 3 amide bonds. The van der Waals surface area contributed by atoms with E-state index < -0.39 is 6.03 Å². The van der Waals surface area contributed by atoms with Crippen molar-refractivity contribution in [2.45, 2.75) is 58.5 Å². The lowest BCUT2D eigenvalue weighted by Gasteiger charge is -2.39. The molecule has 6 heteroatoms. The van der Waals surface area contributed by atoms with Crippen LogP contribution in [0.3, 0.4) is 0 Å². The Morgan fingerprint density at radius 2 is 2.05 bits per heavy atom. The molecule has 1 saturated heterocycles. The molecule has 2 atom stereocenters. The molecule has 0 spiro atoms. The molecule has 1 aliphatic rings. The first-order chi connectivity index (χ1) is 9.93. The second-order valence-electron chi connectivity index (χ2n) is 6.33. The van der Waals surface area contributed by atoms with Crippen LogP contribution in [0.4, 0.5) is 4.79 Å². The van der Waals surface area contributed by atoms with E-state index in [0.29, 0.717) is 25.0 Å². The SMILES string of the molecule is CC(C)CCNC(=O)NC(=O)CN1C(C)CCCC1CN. The monoisotopic (exact) mass is 298 g/mol. The Morgan fingerprint density at radius 3 is 2.67 bits per heavy atom. The molecule has 21 heavy (non-hydrogen) atoms. The lowest BCUT2D eigenvalue weighted by molar-refractivity contribution is -0.122. The molecule has 0 aromatic carbocycles. The zero-order valence-corrected chi connectivity index (χ0v) is 13.5. The normalized spacial score (nSPS) is 23.1. The zero-order chi connectivity index (χ0) is 15.8. The van der Waals surface area contributed by atoms with Crippen LogP contribution in [0.1, 0.15) is 46.5 Å². The van der Waals surface area contributed by atoms with Crippen molar-refractivity contribution < 1.29 is 9.59 Å². The predicted molar refractivity (Wildman–Crippen MR) is 83.9 cm³/mol. The van der Waals surface area contributed by atoms with Crippen LogP contribution in [0, 0.1) is 5.92 Å². The summed E-state index contributed by atoms with van der Waals surface area (Å²) < 4.78 is 0. The minimum absolute atomic E-state index is 0.237. The van der Waals surface area contributed by atoms with Gasteiger partial charge in [-0.2, -0.15) is 0 Å². The van der Waals surface area contributed by atoms with Gasteiger partial charge >= 0.3 is 6.03 Å². The maximum Gasteiger partial charge on any atom is 0.321 e. The first kappa shape index (κ1) is 17.9. The average Bonchev–Trinajstić information content (AvgIpc) is 2.40. The number of nitrogens with one attached hydrogen (secondary N) is 2. The van der Waals surface area contributed by atoms with Gasteiger partial charge in [0.1, 0.15) is 0 Å². The summed E-state index contributed by atoms with van der Waals surface area (Å²) in [6.07, 6.45) is 4.15. The number of nitrogens with zero attached hydrogens (tertiary/aromatic N) is 1. The van der Waals surface area contributed by atoms with E-state index >= 15 is 0 Å². The lowest BCUT2D eigenvalue weighted by atomic mass is 9.96. The van der Waals surface area contributed by atoms with Crippen molar-refractivity contribution in [3.8, 4) is 0 Å². The van der Waals surface area contributed by atoms with Gasteiger partial charge in [0.25, 0.3) is 0 Å². The van der Waals surface area contributed by atoms with Crippen molar-refractivity contribution in [2.75, 3.05) is 19.6 Å². The fourth-order valence-electron chi connectivity index (χ4n) is 2.73. The Morgan fingerprint density at radius 1 is 1.33 bits per heavy atom. The summed E-state index contributed by atoms with van der Waals surface area (Å²) in [5, 5.41) is 5.10. The van der Waals surface area contributed by atoms with Crippen molar-refractivity contribution in [1.29, 1.82) is 0 Å². The van der Waals surface area contributed by atoms with Crippen LogP contribution < -0.4 is 16.4 Å². The third-order valence-corrected chi connectivity index (χ3v) is 4.05. The number of carbonyl (C=O) groups is 2. The minimum Gasteiger partial charge on any atom is -0.338 e. The molecular weight excluding hydrogens is 268 g/mol. The van der Waals surface area contributed by atoms with Crippen molar-refractivity contribution in [3.63, 3.8) is 0 Å². The smallest absolute Gasteiger partial charge is 0.321 e. The molecule has 6 nitrogen and oxygen atoms in total. The van der Waals surface area contributed by atoms with E-state index in [1.165, 1.54) is 0 Å². The van der Waals surface area contributed by atoms with Gasteiger partial charge in [0.15, 0.2) is 0 Å². The third-order valence-electron chi connectivity index (χ3n) is 4.05. The quantitative estimate of drug-likeness (QED) is 0.684. The van der Waals surface area contributed by atoms with Crippen molar-refractivity contribution >= 4 is 11.9 Å². The molecule has 1 heterocycles. The van der Waals surface area contributed by atoms with Gasteiger partial charge in [0.2, 0.25) is 5.91 Å². The van der Waals surface area contributed by atoms with E-state index in [4.69, 9.17) is 5.73 Å². The highest BCUT2D eigenvalue weighted by Gasteiger charge is 2.28. The largest absolute Gasteiger partial charge is 0.338 e. The van der Waals surface area contributed by atoms with E-state index in [0.717, 1.165) is 25.7 Å². The molecular formula is C15H30N4O2. The molecule has 122 valence electrons. The van der Waals surface area contributed by atoms with E-state index in [-0.39, 0.29) is 18.5 Å². The number of rotatable bonds is 6. The van der Waals surface area contributed by atoms with Gasteiger partial charge in [-0.25, -0.2) is 4.79 Å². The second kappa shape index (κ2) is 9.00. The summed E-state index contributed by atoms with van der Waals surface area (Å²) in [5.74, 6) is 0.268. The van der Waals surface area contributed by atoms with E-state index in [2.05, 4.69) is 36.3 Å². The number of piperidine rings is 1. The number of hydrogen-bond acceptors (Lipinski definition) is 4. The highest BCUT2D eigenvalue weighted by Crippen LogP contribution is 2.21. The molecule has 1 rings (SSSR count). The fourth-order valence-corrected chi connectivity index (χ4v) is 2.73. The Hall–Kier alpha value is -1.14. The number of nitrogens with two attached hydrogens (primary N) is 1. The van der Waals surface area contributed by atoms with Gasteiger partial charge in [0, 0.05) is 25.2 Å². The van der Waals surface area contributed by atoms with Crippen LogP contribution >= 0.6 is 0 Å². The Labute approximate surface area is 127 Å². The van der Waals surface area contributed by atoms with Crippen molar-refractivity contribution in [1.82, 2.24) is 15.5 Å². The number of amides is 3.